The molecule has 0 rings (SSSR count). The van der Waals surface area contributed by atoms with Gasteiger partial charge in [0, 0.05) is 4.48 Å². The molecule has 0 amide bonds. The van der Waals surface area contributed by atoms with Crippen LogP contribution >= 0.6 is 15.9 Å². The van der Waals surface area contributed by atoms with Gasteiger partial charge in [-0.3, -0.25) is 0 Å². The van der Waals surface area contributed by atoms with Crippen LogP contribution in [0.1, 0.15) is 13.8 Å². The van der Waals surface area contributed by atoms with Crippen molar-refractivity contribution in [3.8, 4) is 0 Å². The molecule has 0 atom stereocenters. The lowest BCUT2D eigenvalue weighted by atomic mass is 10.2. The van der Waals surface area contributed by atoms with Crippen LogP contribution in [0.3, 0.4) is 0 Å². The Labute approximate surface area is 70.7 Å². The Morgan fingerprint density at radius 2 is 2.30 bits per heavy atom. The van der Waals surface area contributed by atoms with Gasteiger partial charge in [-0.15, -0.1) is 0 Å². The molecule has 0 saturated heterocycles. The maximum absolute atomic E-state index is 5.07. The van der Waals surface area contributed by atoms with Gasteiger partial charge in [-0.2, -0.15) is 5.48 Å². The van der Waals surface area contributed by atoms with Crippen molar-refractivity contribution in [3.05, 3.63) is 11.1 Å². The number of hydroxylamine groups is 1. The van der Waals surface area contributed by atoms with Crippen LogP contribution in [0, 0.1) is 5.92 Å². The van der Waals surface area contributed by atoms with Crippen molar-refractivity contribution in [2.24, 2.45) is 5.92 Å². The molecule has 1 N–H and O–H groups in total. The van der Waals surface area contributed by atoms with Crippen LogP contribution < -0.4 is 5.48 Å². The summed E-state index contributed by atoms with van der Waals surface area (Å²) in [6.45, 7) is 9.25. The minimum Gasteiger partial charge on any atom is -0.301 e. The highest BCUT2D eigenvalue weighted by molar-refractivity contribution is 9.11. The smallest absolute Gasteiger partial charge is 0.0705 e. The minimum absolute atomic E-state index is 0.566. The molecular formula is C7H14BrNO. The van der Waals surface area contributed by atoms with E-state index in [0.29, 0.717) is 12.5 Å². The molecule has 0 aliphatic heterocycles. The average Bonchev–Trinajstić information content (AvgIpc) is 1.79. The Kier molecular flexibility index (Phi) is 5.97. The van der Waals surface area contributed by atoms with Gasteiger partial charge in [0.2, 0.25) is 0 Å². The second kappa shape index (κ2) is 5.89. The molecule has 60 valence electrons. The number of hydrogen-bond donors (Lipinski definition) is 1. The van der Waals surface area contributed by atoms with Crippen molar-refractivity contribution in [3.63, 3.8) is 0 Å². The molecule has 0 saturated carbocycles. The lowest BCUT2D eigenvalue weighted by molar-refractivity contribution is 0.0303. The third kappa shape index (κ3) is 8.14. The predicted octanol–water partition coefficient (Wildman–Crippen LogP) is 2.07. The first-order valence-electron chi connectivity index (χ1n) is 3.31. The van der Waals surface area contributed by atoms with E-state index in [2.05, 4.69) is 41.8 Å². The fourth-order valence-corrected chi connectivity index (χ4v) is 0.469. The molecule has 0 aromatic carbocycles. The predicted molar refractivity (Wildman–Crippen MR) is 46.9 cm³/mol. The standard InChI is InChI=1S/C7H14BrNO/c1-6(2)5-10-9-4-7(3)8/h6,9H,3-5H2,1-2H3. The molecule has 3 heteroatoms. The van der Waals surface area contributed by atoms with Crippen molar-refractivity contribution in [2.75, 3.05) is 13.2 Å². The molecule has 0 heterocycles. The van der Waals surface area contributed by atoms with E-state index in [1.807, 2.05) is 0 Å². The number of nitrogens with one attached hydrogen (secondary N) is 1. The van der Waals surface area contributed by atoms with Gasteiger partial charge in [0.15, 0.2) is 0 Å². The van der Waals surface area contributed by atoms with Crippen LogP contribution in [-0.2, 0) is 4.84 Å². The Bertz CT molecular complexity index is 104. The normalized spacial score (nSPS) is 10.4. The molecular weight excluding hydrogens is 194 g/mol. The lowest BCUT2D eigenvalue weighted by Crippen LogP contribution is -2.18. The second-order valence-electron chi connectivity index (χ2n) is 2.54. The number of hydrogen-bond acceptors (Lipinski definition) is 2. The quantitative estimate of drug-likeness (QED) is 0.551. The van der Waals surface area contributed by atoms with E-state index in [-0.39, 0.29) is 0 Å². The second-order valence-corrected chi connectivity index (χ2v) is 3.66. The van der Waals surface area contributed by atoms with Gasteiger partial charge in [-0.25, -0.2) is 0 Å². The zero-order chi connectivity index (χ0) is 7.98. The largest absolute Gasteiger partial charge is 0.301 e. The summed E-state index contributed by atoms with van der Waals surface area (Å²) in [6, 6.07) is 0. The van der Waals surface area contributed by atoms with Crippen LogP contribution in [0.2, 0.25) is 0 Å². The summed E-state index contributed by atoms with van der Waals surface area (Å²) in [5.41, 5.74) is 2.77. The van der Waals surface area contributed by atoms with Crippen molar-refractivity contribution < 1.29 is 4.84 Å². The van der Waals surface area contributed by atoms with Crippen LogP contribution in [0.15, 0.2) is 11.1 Å². The summed E-state index contributed by atoms with van der Waals surface area (Å²) in [4.78, 5) is 5.07. The van der Waals surface area contributed by atoms with Crippen LogP contribution in [-0.4, -0.2) is 13.2 Å². The molecule has 10 heavy (non-hydrogen) atoms. The topological polar surface area (TPSA) is 21.3 Å². The summed E-state index contributed by atoms with van der Waals surface area (Å²) < 4.78 is 0.899. The first-order valence-corrected chi connectivity index (χ1v) is 4.10. The fourth-order valence-electron chi connectivity index (χ4n) is 0.355. The van der Waals surface area contributed by atoms with E-state index >= 15 is 0 Å². The Morgan fingerprint density at radius 3 is 2.70 bits per heavy atom. The van der Waals surface area contributed by atoms with Crippen molar-refractivity contribution in [2.45, 2.75) is 13.8 Å². The van der Waals surface area contributed by atoms with Gasteiger partial charge in [-0.1, -0.05) is 36.4 Å². The van der Waals surface area contributed by atoms with Crippen LogP contribution in [0.25, 0.3) is 0 Å². The highest BCUT2D eigenvalue weighted by atomic mass is 79.9. The van der Waals surface area contributed by atoms with Crippen molar-refractivity contribution in [1.82, 2.24) is 5.48 Å². The van der Waals surface area contributed by atoms with E-state index in [4.69, 9.17) is 4.84 Å². The summed E-state index contributed by atoms with van der Waals surface area (Å²) in [7, 11) is 0. The summed E-state index contributed by atoms with van der Waals surface area (Å²) >= 11 is 3.20. The summed E-state index contributed by atoms with van der Waals surface area (Å²) in [5, 5.41) is 0. The van der Waals surface area contributed by atoms with Crippen molar-refractivity contribution in [1.29, 1.82) is 0 Å². The van der Waals surface area contributed by atoms with Gasteiger partial charge >= 0.3 is 0 Å². The van der Waals surface area contributed by atoms with Gasteiger partial charge in [-0.05, 0) is 5.92 Å². The Hall–Kier alpha value is 0.140. The maximum atomic E-state index is 5.07. The van der Waals surface area contributed by atoms with E-state index in [9.17, 15) is 0 Å². The summed E-state index contributed by atoms with van der Waals surface area (Å²) in [5.74, 6) is 0.566. The summed E-state index contributed by atoms with van der Waals surface area (Å²) in [6.07, 6.45) is 0. The van der Waals surface area contributed by atoms with E-state index in [1.54, 1.807) is 0 Å². The SMILES string of the molecule is C=C(Br)CNOCC(C)C. The van der Waals surface area contributed by atoms with Gasteiger partial charge in [0.05, 0.1) is 13.2 Å². The third-order valence-electron chi connectivity index (χ3n) is 0.783. The highest BCUT2D eigenvalue weighted by Crippen LogP contribution is 1.97. The molecule has 0 aromatic rings. The molecule has 0 spiro atoms. The molecule has 2 nitrogen and oxygen atoms in total. The average molecular weight is 208 g/mol. The molecule has 0 fully saturated rings. The highest BCUT2D eigenvalue weighted by Gasteiger charge is 1.92. The molecule has 0 bridgehead atoms. The molecule has 0 unspecified atom stereocenters. The monoisotopic (exact) mass is 207 g/mol. The van der Waals surface area contributed by atoms with Gasteiger partial charge < -0.3 is 4.84 Å². The molecule has 0 aliphatic carbocycles. The fraction of sp³-hybridized carbons (Fsp3) is 0.714. The first-order chi connectivity index (χ1) is 4.63. The number of halogens is 1. The minimum atomic E-state index is 0.566. The molecule has 0 aromatic heterocycles. The van der Waals surface area contributed by atoms with Crippen molar-refractivity contribution >= 4 is 15.9 Å². The molecule has 0 aliphatic rings. The Morgan fingerprint density at radius 1 is 1.70 bits per heavy atom. The van der Waals surface area contributed by atoms with Gasteiger partial charge in [0.25, 0.3) is 0 Å². The van der Waals surface area contributed by atoms with Crippen LogP contribution in [0.5, 0.6) is 0 Å². The molecule has 0 radical (unpaired) electrons. The van der Waals surface area contributed by atoms with E-state index in [0.717, 1.165) is 11.1 Å². The Balaban J connectivity index is 2.98. The van der Waals surface area contributed by atoms with E-state index < -0.39 is 0 Å². The zero-order valence-corrected chi connectivity index (χ0v) is 8.07. The lowest BCUT2D eigenvalue weighted by Gasteiger charge is -2.06. The maximum Gasteiger partial charge on any atom is 0.0705 e. The third-order valence-corrected chi connectivity index (χ3v) is 1.06. The first kappa shape index (κ1) is 10.1. The van der Waals surface area contributed by atoms with Gasteiger partial charge in [0.1, 0.15) is 0 Å². The number of rotatable bonds is 5. The van der Waals surface area contributed by atoms with E-state index in [1.165, 1.54) is 0 Å². The zero-order valence-electron chi connectivity index (χ0n) is 6.48. The van der Waals surface area contributed by atoms with Crippen LogP contribution in [0.4, 0.5) is 0 Å².